The van der Waals surface area contributed by atoms with Gasteiger partial charge in [-0.1, -0.05) is 42.5 Å². The molecule has 2 rings (SSSR count). The molecule has 0 heterocycles. The molecule has 0 saturated carbocycles. The van der Waals surface area contributed by atoms with E-state index in [0.29, 0.717) is 0 Å². The summed E-state index contributed by atoms with van der Waals surface area (Å²) in [6.07, 6.45) is -7.38. The van der Waals surface area contributed by atoms with Crippen LogP contribution in [-0.2, 0) is 33.5 Å². The number of aliphatic carboxylic acids is 1. The van der Waals surface area contributed by atoms with Crippen LogP contribution < -0.4 is 10.6 Å². The Morgan fingerprint density at radius 2 is 1.61 bits per heavy atom. The lowest BCUT2D eigenvalue weighted by atomic mass is 10.0. The Bertz CT molecular complexity index is 935. The smallest absolute Gasteiger partial charge is 0.416 e. The fourth-order valence-electron chi connectivity index (χ4n) is 2.78. The van der Waals surface area contributed by atoms with Crippen LogP contribution in [0.5, 0.6) is 0 Å². The number of hydrogen-bond acceptors (Lipinski definition) is 5. The predicted octanol–water partition coefficient (Wildman–Crippen LogP) is 2.49. The first kappa shape index (κ1) is 25.7. The fourth-order valence-corrected chi connectivity index (χ4v) is 2.78. The van der Waals surface area contributed by atoms with Crippen LogP contribution in [0.1, 0.15) is 23.1 Å². The molecule has 178 valence electrons. The summed E-state index contributed by atoms with van der Waals surface area (Å²) in [4.78, 5) is 35.2. The van der Waals surface area contributed by atoms with E-state index in [1.165, 1.54) is 0 Å². The van der Waals surface area contributed by atoms with E-state index in [9.17, 15) is 37.8 Å². The maximum absolute atomic E-state index is 12.6. The maximum Gasteiger partial charge on any atom is 0.416 e. The Kier molecular flexibility index (Phi) is 9.22. The molecular formula is C22H23F3N2O6. The molecule has 0 radical (unpaired) electrons. The van der Waals surface area contributed by atoms with Crippen molar-refractivity contribution in [3.8, 4) is 0 Å². The summed E-state index contributed by atoms with van der Waals surface area (Å²) in [5.74, 6) is -2.19. The van der Waals surface area contributed by atoms with Gasteiger partial charge < -0.3 is 25.6 Å². The Morgan fingerprint density at radius 3 is 2.18 bits per heavy atom. The molecular weight excluding hydrogens is 445 g/mol. The molecule has 8 nitrogen and oxygen atoms in total. The average Bonchev–Trinajstić information content (AvgIpc) is 2.76. The van der Waals surface area contributed by atoms with Gasteiger partial charge in [0, 0.05) is 13.0 Å². The molecule has 0 spiro atoms. The number of carbonyl (C=O) groups excluding carboxylic acids is 2. The van der Waals surface area contributed by atoms with Crippen molar-refractivity contribution in [2.75, 3.05) is 6.54 Å². The number of aliphatic hydroxyl groups is 1. The first-order chi connectivity index (χ1) is 15.5. The highest BCUT2D eigenvalue weighted by molar-refractivity contribution is 5.84. The molecule has 0 aliphatic heterocycles. The summed E-state index contributed by atoms with van der Waals surface area (Å²) in [5, 5.41) is 23.7. The summed E-state index contributed by atoms with van der Waals surface area (Å²) >= 11 is 0. The van der Waals surface area contributed by atoms with E-state index in [2.05, 4.69) is 10.6 Å². The predicted molar refractivity (Wildman–Crippen MR) is 110 cm³/mol. The van der Waals surface area contributed by atoms with E-state index in [-0.39, 0.29) is 25.1 Å². The van der Waals surface area contributed by atoms with E-state index in [1.54, 1.807) is 24.3 Å². The molecule has 4 N–H and O–H groups in total. The third kappa shape index (κ3) is 9.19. The highest BCUT2D eigenvalue weighted by Crippen LogP contribution is 2.29. The zero-order valence-corrected chi connectivity index (χ0v) is 17.3. The van der Waals surface area contributed by atoms with Crippen molar-refractivity contribution in [2.45, 2.75) is 37.8 Å². The van der Waals surface area contributed by atoms with Crippen LogP contribution in [0.15, 0.2) is 54.6 Å². The van der Waals surface area contributed by atoms with Gasteiger partial charge in [0.05, 0.1) is 18.1 Å². The normalized spacial score (nSPS) is 13.0. The van der Waals surface area contributed by atoms with Gasteiger partial charge in [-0.05, 0) is 23.3 Å². The fraction of sp³-hybridized carbons (Fsp3) is 0.318. The first-order valence-corrected chi connectivity index (χ1v) is 9.85. The number of halogens is 3. The third-order valence-corrected chi connectivity index (χ3v) is 4.47. The lowest BCUT2D eigenvalue weighted by Crippen LogP contribution is -2.44. The van der Waals surface area contributed by atoms with Crippen molar-refractivity contribution in [3.05, 3.63) is 71.3 Å². The van der Waals surface area contributed by atoms with Crippen LogP contribution in [0.4, 0.5) is 18.0 Å². The minimum Gasteiger partial charge on any atom is -0.480 e. The van der Waals surface area contributed by atoms with Gasteiger partial charge in [0.25, 0.3) is 0 Å². The van der Waals surface area contributed by atoms with Crippen LogP contribution >= 0.6 is 0 Å². The Hall–Kier alpha value is -3.60. The largest absolute Gasteiger partial charge is 0.480 e. The second-order valence-corrected chi connectivity index (χ2v) is 7.16. The van der Waals surface area contributed by atoms with Crippen LogP contribution in [0, 0.1) is 0 Å². The number of ether oxygens (including phenoxy) is 1. The van der Waals surface area contributed by atoms with Crippen molar-refractivity contribution >= 4 is 18.0 Å². The van der Waals surface area contributed by atoms with Crippen molar-refractivity contribution in [3.63, 3.8) is 0 Å². The van der Waals surface area contributed by atoms with Crippen LogP contribution in [0.25, 0.3) is 0 Å². The van der Waals surface area contributed by atoms with E-state index in [1.807, 2.05) is 6.07 Å². The molecule has 2 atom stereocenters. The number of aliphatic hydroxyl groups excluding tert-OH is 1. The first-order valence-electron chi connectivity index (χ1n) is 9.85. The second kappa shape index (κ2) is 11.9. The van der Waals surface area contributed by atoms with Crippen molar-refractivity contribution < 1.29 is 42.5 Å². The average molecular weight is 468 g/mol. The Morgan fingerprint density at radius 1 is 0.970 bits per heavy atom. The molecule has 33 heavy (non-hydrogen) atoms. The molecule has 0 aromatic heterocycles. The number of amides is 2. The molecule has 0 unspecified atom stereocenters. The lowest BCUT2D eigenvalue weighted by molar-refractivity contribution is -0.142. The van der Waals surface area contributed by atoms with Crippen LogP contribution in [0.3, 0.4) is 0 Å². The zero-order valence-electron chi connectivity index (χ0n) is 17.3. The number of rotatable bonds is 10. The van der Waals surface area contributed by atoms with Crippen LogP contribution in [0.2, 0.25) is 0 Å². The minimum atomic E-state index is -4.52. The van der Waals surface area contributed by atoms with Crippen molar-refractivity contribution in [2.24, 2.45) is 0 Å². The maximum atomic E-state index is 12.6. The van der Waals surface area contributed by atoms with E-state index in [4.69, 9.17) is 4.74 Å². The van der Waals surface area contributed by atoms with Gasteiger partial charge in [-0.3, -0.25) is 4.79 Å². The topological polar surface area (TPSA) is 125 Å². The van der Waals surface area contributed by atoms with Crippen molar-refractivity contribution in [1.29, 1.82) is 0 Å². The quantitative estimate of drug-likeness (QED) is 0.425. The van der Waals surface area contributed by atoms with Crippen molar-refractivity contribution in [1.82, 2.24) is 10.6 Å². The van der Waals surface area contributed by atoms with Gasteiger partial charge in [-0.2, -0.15) is 13.2 Å². The molecule has 2 aromatic rings. The number of carbonyl (C=O) groups is 3. The summed E-state index contributed by atoms with van der Waals surface area (Å²) in [6, 6.07) is 11.4. The van der Waals surface area contributed by atoms with E-state index < -0.39 is 48.3 Å². The standard InChI is InChI=1S/C22H23F3N2O6/c23-22(24,25)16-8-6-14(7-9-16)10-18(20(30)31)27-19(29)11-17(28)12-26-21(32)33-13-15-4-2-1-3-5-15/h1-9,17-18,28H,10-13H2,(H,26,32)(H,27,29)(H,30,31)/t17-,18-/m1/s1. The molecule has 2 aromatic carbocycles. The van der Waals surface area contributed by atoms with Crippen LogP contribution in [-0.4, -0.2) is 46.9 Å². The highest BCUT2D eigenvalue weighted by atomic mass is 19.4. The van der Waals surface area contributed by atoms with E-state index >= 15 is 0 Å². The number of benzene rings is 2. The lowest BCUT2D eigenvalue weighted by Gasteiger charge is -2.17. The highest BCUT2D eigenvalue weighted by Gasteiger charge is 2.30. The zero-order chi connectivity index (χ0) is 24.4. The third-order valence-electron chi connectivity index (χ3n) is 4.47. The molecule has 2 amide bonds. The number of alkyl halides is 3. The Labute approximate surface area is 187 Å². The number of carboxylic acid groups (broad SMARTS) is 1. The number of alkyl carbamates (subject to hydrolysis) is 1. The van der Waals surface area contributed by atoms with E-state index in [0.717, 1.165) is 29.8 Å². The SMILES string of the molecule is O=C(C[C@@H](O)CNC(=O)OCc1ccccc1)N[C@H](Cc1ccc(C(F)(F)F)cc1)C(=O)O. The summed E-state index contributed by atoms with van der Waals surface area (Å²) in [7, 11) is 0. The molecule has 11 heteroatoms. The number of hydrogen-bond donors (Lipinski definition) is 4. The van der Waals surface area contributed by atoms with Gasteiger partial charge in [0.2, 0.25) is 5.91 Å². The monoisotopic (exact) mass is 468 g/mol. The van der Waals surface area contributed by atoms with Gasteiger partial charge in [0.15, 0.2) is 0 Å². The summed E-state index contributed by atoms with van der Waals surface area (Å²) < 4.78 is 42.9. The molecule has 0 bridgehead atoms. The minimum absolute atomic E-state index is 0.0213. The summed E-state index contributed by atoms with van der Waals surface area (Å²) in [6.45, 7) is -0.287. The molecule has 0 saturated heterocycles. The van der Waals surface area contributed by atoms with Gasteiger partial charge in [-0.25, -0.2) is 9.59 Å². The van der Waals surface area contributed by atoms with Gasteiger partial charge in [-0.15, -0.1) is 0 Å². The molecule has 0 aliphatic carbocycles. The number of carboxylic acids is 1. The molecule has 0 fully saturated rings. The second-order valence-electron chi connectivity index (χ2n) is 7.16. The van der Waals surface area contributed by atoms with Gasteiger partial charge in [0.1, 0.15) is 12.6 Å². The summed E-state index contributed by atoms with van der Waals surface area (Å²) in [5.41, 5.74) is 0.166. The Balaban J connectivity index is 1.77. The number of nitrogens with one attached hydrogen (secondary N) is 2. The molecule has 0 aliphatic rings. The van der Waals surface area contributed by atoms with Gasteiger partial charge >= 0.3 is 18.2 Å².